The molecule has 0 bridgehead atoms. The van der Waals surface area contributed by atoms with E-state index in [-0.39, 0.29) is 29.0 Å². The topological polar surface area (TPSA) is 84.0 Å². The number of hydrogen-bond acceptors (Lipinski definition) is 5. The third-order valence-corrected chi connectivity index (χ3v) is 2.04. The van der Waals surface area contributed by atoms with E-state index >= 15 is 0 Å². The lowest BCUT2D eigenvalue weighted by Gasteiger charge is -2.07. The summed E-state index contributed by atoms with van der Waals surface area (Å²) in [6.45, 7) is 2.39. The van der Waals surface area contributed by atoms with Gasteiger partial charge in [-0.25, -0.2) is 9.97 Å². The number of nitrogens with zero attached hydrogens (tertiary/aromatic N) is 2. The Labute approximate surface area is 97.4 Å². The number of anilines is 1. The molecule has 1 aromatic rings. The second-order valence-electron chi connectivity index (χ2n) is 2.85. The molecule has 0 saturated heterocycles. The van der Waals surface area contributed by atoms with Crippen molar-refractivity contribution in [1.82, 2.24) is 15.3 Å². The first-order valence-electron chi connectivity index (χ1n) is 4.65. The Morgan fingerprint density at radius 1 is 1.56 bits per heavy atom. The molecule has 0 spiro atoms. The zero-order valence-electron chi connectivity index (χ0n) is 8.66. The fourth-order valence-corrected chi connectivity index (χ4v) is 1.22. The van der Waals surface area contributed by atoms with Crippen LogP contribution in [-0.4, -0.2) is 35.3 Å². The van der Waals surface area contributed by atoms with Gasteiger partial charge in [-0.2, -0.15) is 0 Å². The summed E-state index contributed by atoms with van der Waals surface area (Å²) in [6.07, 6.45) is 1.76. The van der Waals surface area contributed by atoms with Gasteiger partial charge in [-0.15, -0.1) is 0 Å². The van der Waals surface area contributed by atoms with E-state index in [1.54, 1.807) is 0 Å². The molecule has 0 unspecified atom stereocenters. The molecule has 6 nitrogen and oxygen atoms in total. The number of likely N-dealkylation sites (N-methyl/N-ethyl adjacent to an activating group) is 1. The van der Waals surface area contributed by atoms with Gasteiger partial charge in [0.2, 0.25) is 5.91 Å². The molecule has 1 heterocycles. The normalized spacial score (nSPS) is 9.62. The lowest BCUT2D eigenvalue weighted by atomic mass is 10.3. The number of aldehydes is 1. The highest BCUT2D eigenvalue weighted by Crippen LogP contribution is 2.16. The van der Waals surface area contributed by atoms with Gasteiger partial charge in [0.25, 0.3) is 0 Å². The number of hydrogen-bond donors (Lipinski definition) is 2. The van der Waals surface area contributed by atoms with E-state index in [1.165, 1.54) is 6.33 Å². The number of nitrogens with one attached hydrogen (secondary N) is 2. The van der Waals surface area contributed by atoms with Crippen molar-refractivity contribution >= 4 is 29.6 Å². The third kappa shape index (κ3) is 3.16. The molecule has 0 radical (unpaired) electrons. The van der Waals surface area contributed by atoms with Crippen molar-refractivity contribution in [2.24, 2.45) is 0 Å². The molecule has 0 fully saturated rings. The lowest BCUT2D eigenvalue weighted by Crippen LogP contribution is -2.29. The first-order chi connectivity index (χ1) is 7.69. The summed E-state index contributed by atoms with van der Waals surface area (Å²) in [7, 11) is 0. The van der Waals surface area contributed by atoms with Gasteiger partial charge >= 0.3 is 0 Å². The quantitative estimate of drug-likeness (QED) is 0.580. The molecule has 2 N–H and O–H groups in total. The molecule has 0 aliphatic carbocycles. The maximum atomic E-state index is 11.2. The number of halogens is 1. The van der Waals surface area contributed by atoms with Gasteiger partial charge in [0.15, 0.2) is 6.29 Å². The van der Waals surface area contributed by atoms with E-state index in [4.69, 9.17) is 11.6 Å². The van der Waals surface area contributed by atoms with Crippen LogP contribution in [0.3, 0.4) is 0 Å². The molecule has 1 amide bonds. The Bertz CT molecular complexity index is 397. The molecule has 0 aliphatic rings. The standard InChI is InChI=1S/C9H11ClN4O2/c1-2-11-7(16)3-12-9-6(4-15)8(10)13-5-14-9/h4-5H,2-3H2,1H3,(H,11,16)(H,12,13,14). The van der Waals surface area contributed by atoms with E-state index in [1.807, 2.05) is 6.92 Å². The number of carbonyl (C=O) groups excluding carboxylic acids is 2. The van der Waals surface area contributed by atoms with Gasteiger partial charge in [-0.1, -0.05) is 11.6 Å². The van der Waals surface area contributed by atoms with E-state index in [0.29, 0.717) is 12.8 Å². The van der Waals surface area contributed by atoms with E-state index in [0.717, 1.165) is 0 Å². The monoisotopic (exact) mass is 242 g/mol. The molecule has 0 aliphatic heterocycles. The molecule has 86 valence electrons. The first-order valence-corrected chi connectivity index (χ1v) is 5.03. The Kier molecular flexibility index (Phi) is 4.65. The zero-order valence-corrected chi connectivity index (χ0v) is 9.41. The Balaban J connectivity index is 2.70. The second kappa shape index (κ2) is 6.02. The average molecular weight is 243 g/mol. The summed E-state index contributed by atoms with van der Waals surface area (Å²) in [4.78, 5) is 29.4. The van der Waals surface area contributed by atoms with Crippen LogP contribution in [0.2, 0.25) is 5.15 Å². The number of amides is 1. The van der Waals surface area contributed by atoms with Crippen molar-refractivity contribution in [3.8, 4) is 0 Å². The second-order valence-corrected chi connectivity index (χ2v) is 3.21. The molecule has 16 heavy (non-hydrogen) atoms. The van der Waals surface area contributed by atoms with Crippen LogP contribution in [-0.2, 0) is 4.79 Å². The summed E-state index contributed by atoms with van der Waals surface area (Å²) >= 11 is 5.68. The molecule has 0 aromatic carbocycles. The van der Waals surface area contributed by atoms with E-state index in [9.17, 15) is 9.59 Å². The summed E-state index contributed by atoms with van der Waals surface area (Å²) in [5, 5.41) is 5.37. The molecule has 0 atom stereocenters. The number of rotatable bonds is 5. The summed E-state index contributed by atoms with van der Waals surface area (Å²) in [5.41, 5.74) is 0.147. The van der Waals surface area contributed by atoms with Crippen LogP contribution < -0.4 is 10.6 Å². The molecule has 0 saturated carbocycles. The van der Waals surface area contributed by atoms with Crippen LogP contribution >= 0.6 is 11.6 Å². The highest BCUT2D eigenvalue weighted by molar-refractivity contribution is 6.32. The van der Waals surface area contributed by atoms with Crippen LogP contribution in [0, 0.1) is 0 Å². The lowest BCUT2D eigenvalue weighted by molar-refractivity contribution is -0.119. The van der Waals surface area contributed by atoms with Gasteiger partial charge in [0, 0.05) is 6.54 Å². The highest BCUT2D eigenvalue weighted by Gasteiger charge is 2.09. The summed E-state index contributed by atoms with van der Waals surface area (Å²) in [5.74, 6) is 0.0651. The van der Waals surface area contributed by atoms with Crippen molar-refractivity contribution in [1.29, 1.82) is 0 Å². The minimum atomic E-state index is -0.186. The third-order valence-electron chi connectivity index (χ3n) is 1.74. The maximum absolute atomic E-state index is 11.2. The maximum Gasteiger partial charge on any atom is 0.239 e. The van der Waals surface area contributed by atoms with Gasteiger partial charge in [0.05, 0.1) is 12.1 Å². The summed E-state index contributed by atoms with van der Waals surface area (Å²) < 4.78 is 0. The zero-order chi connectivity index (χ0) is 12.0. The van der Waals surface area contributed by atoms with Crippen LogP contribution in [0.4, 0.5) is 5.82 Å². The average Bonchev–Trinajstić information content (AvgIpc) is 2.27. The summed E-state index contributed by atoms with van der Waals surface area (Å²) in [6, 6.07) is 0. The Morgan fingerprint density at radius 2 is 2.31 bits per heavy atom. The van der Waals surface area contributed by atoms with E-state index < -0.39 is 0 Å². The van der Waals surface area contributed by atoms with Crippen LogP contribution in [0.15, 0.2) is 6.33 Å². The van der Waals surface area contributed by atoms with Gasteiger partial charge in [-0.05, 0) is 6.92 Å². The molecular weight excluding hydrogens is 232 g/mol. The van der Waals surface area contributed by atoms with Gasteiger partial charge in [0.1, 0.15) is 17.3 Å². The largest absolute Gasteiger partial charge is 0.360 e. The number of aromatic nitrogens is 2. The predicted molar refractivity (Wildman–Crippen MR) is 59.6 cm³/mol. The molecule has 1 rings (SSSR count). The van der Waals surface area contributed by atoms with E-state index in [2.05, 4.69) is 20.6 Å². The minimum Gasteiger partial charge on any atom is -0.360 e. The fourth-order valence-electron chi connectivity index (χ4n) is 1.04. The minimum absolute atomic E-state index is 0.0298. The molecular formula is C9H11ClN4O2. The predicted octanol–water partition coefficient (Wildman–Crippen LogP) is 0.490. The van der Waals surface area contributed by atoms with Gasteiger partial charge in [-0.3, -0.25) is 9.59 Å². The van der Waals surface area contributed by atoms with Crippen molar-refractivity contribution < 1.29 is 9.59 Å². The fraction of sp³-hybridized carbons (Fsp3) is 0.333. The molecule has 1 aromatic heterocycles. The Morgan fingerprint density at radius 3 is 2.94 bits per heavy atom. The van der Waals surface area contributed by atoms with Gasteiger partial charge < -0.3 is 10.6 Å². The Hall–Kier alpha value is -1.69. The highest BCUT2D eigenvalue weighted by atomic mass is 35.5. The van der Waals surface area contributed by atoms with Crippen LogP contribution in [0.25, 0.3) is 0 Å². The van der Waals surface area contributed by atoms with Crippen molar-refractivity contribution in [2.75, 3.05) is 18.4 Å². The SMILES string of the molecule is CCNC(=O)CNc1ncnc(Cl)c1C=O. The van der Waals surface area contributed by atoms with Crippen molar-refractivity contribution in [3.63, 3.8) is 0 Å². The smallest absolute Gasteiger partial charge is 0.239 e. The first kappa shape index (κ1) is 12.4. The van der Waals surface area contributed by atoms with Crippen molar-refractivity contribution in [2.45, 2.75) is 6.92 Å². The van der Waals surface area contributed by atoms with Crippen molar-refractivity contribution in [3.05, 3.63) is 17.0 Å². The van der Waals surface area contributed by atoms with Crippen LogP contribution in [0.5, 0.6) is 0 Å². The number of carbonyl (C=O) groups is 2. The molecule has 7 heteroatoms. The van der Waals surface area contributed by atoms with Crippen LogP contribution in [0.1, 0.15) is 17.3 Å².